The topological polar surface area (TPSA) is 149 Å². The zero-order chi connectivity index (χ0) is 22.4. The molecule has 2 unspecified atom stereocenters. The van der Waals surface area contributed by atoms with Crippen molar-refractivity contribution in [2.24, 2.45) is 0 Å². The summed E-state index contributed by atoms with van der Waals surface area (Å²) in [5.74, 6) is -1.06. The Morgan fingerprint density at radius 2 is 2.00 bits per heavy atom. The van der Waals surface area contributed by atoms with Gasteiger partial charge < -0.3 is 29.7 Å². The van der Waals surface area contributed by atoms with Crippen molar-refractivity contribution in [3.05, 3.63) is 58.6 Å². The molecule has 11 nitrogen and oxygen atoms in total. The molecule has 4 atom stereocenters. The quantitative estimate of drug-likeness (QED) is 0.477. The number of amides is 1. The van der Waals surface area contributed by atoms with Gasteiger partial charge in [-0.15, -0.1) is 0 Å². The van der Waals surface area contributed by atoms with Crippen LogP contribution in [0.4, 0.5) is 5.82 Å². The lowest BCUT2D eigenvalue weighted by Gasteiger charge is -2.22. The Morgan fingerprint density at radius 3 is 2.65 bits per heavy atom. The van der Waals surface area contributed by atoms with E-state index >= 15 is 0 Å². The van der Waals surface area contributed by atoms with Gasteiger partial charge in [-0.3, -0.25) is 9.36 Å². The summed E-state index contributed by atoms with van der Waals surface area (Å²) in [4.78, 5) is 40.2. The standard InChI is InChI=1S/C20H23N3O8/c1-2-29-15(25)11-30-17-16(26)13(10-24)31-19(17)23-9-8-14(22-20(23)28)21-18(27)12-6-4-3-5-7-12/h3-9,13,16-17,19,24,26H,2,10-11H2,1H3,(H,21,22,27,28)/t13-,16?,17?,19-/m1/s1. The number of aliphatic hydroxyl groups excluding tert-OH is 2. The molecule has 0 spiro atoms. The fraction of sp³-hybridized carbons (Fsp3) is 0.400. The molecule has 3 N–H and O–H groups in total. The third-order valence-electron chi connectivity index (χ3n) is 4.57. The zero-order valence-corrected chi connectivity index (χ0v) is 16.7. The van der Waals surface area contributed by atoms with E-state index in [0.29, 0.717) is 5.56 Å². The van der Waals surface area contributed by atoms with Gasteiger partial charge in [0.05, 0.1) is 13.2 Å². The first-order valence-electron chi connectivity index (χ1n) is 9.61. The lowest BCUT2D eigenvalue weighted by atomic mass is 10.1. The molecule has 0 saturated carbocycles. The number of nitrogens with zero attached hydrogens (tertiary/aromatic N) is 2. The minimum absolute atomic E-state index is 0.0244. The molecule has 1 aliphatic rings. The minimum Gasteiger partial charge on any atom is -0.464 e. The Balaban J connectivity index is 1.77. The highest BCUT2D eigenvalue weighted by Crippen LogP contribution is 2.30. The number of nitrogens with one attached hydrogen (secondary N) is 1. The summed E-state index contributed by atoms with van der Waals surface area (Å²) in [6, 6.07) is 9.79. The first-order chi connectivity index (χ1) is 14.9. The summed E-state index contributed by atoms with van der Waals surface area (Å²) in [7, 11) is 0. The zero-order valence-electron chi connectivity index (χ0n) is 16.7. The molecule has 11 heteroatoms. The van der Waals surface area contributed by atoms with Crippen LogP contribution in [0.5, 0.6) is 0 Å². The molecule has 0 bridgehead atoms. The van der Waals surface area contributed by atoms with E-state index in [1.165, 1.54) is 12.3 Å². The molecule has 31 heavy (non-hydrogen) atoms. The molecule has 3 rings (SSSR count). The smallest absolute Gasteiger partial charge is 0.351 e. The number of anilines is 1. The van der Waals surface area contributed by atoms with Gasteiger partial charge in [0.25, 0.3) is 5.91 Å². The number of rotatable bonds is 8. The second kappa shape index (κ2) is 10.3. The van der Waals surface area contributed by atoms with Gasteiger partial charge in [0.1, 0.15) is 30.7 Å². The van der Waals surface area contributed by atoms with Crippen LogP contribution in [0.1, 0.15) is 23.5 Å². The van der Waals surface area contributed by atoms with Crippen molar-refractivity contribution in [2.75, 3.05) is 25.1 Å². The van der Waals surface area contributed by atoms with E-state index in [4.69, 9.17) is 14.2 Å². The fourth-order valence-electron chi connectivity index (χ4n) is 3.09. The van der Waals surface area contributed by atoms with Crippen molar-refractivity contribution < 1.29 is 34.0 Å². The second-order valence-corrected chi connectivity index (χ2v) is 6.64. The van der Waals surface area contributed by atoms with Gasteiger partial charge in [-0.25, -0.2) is 9.59 Å². The summed E-state index contributed by atoms with van der Waals surface area (Å²) < 4.78 is 16.8. The van der Waals surface area contributed by atoms with Crippen molar-refractivity contribution in [3.8, 4) is 0 Å². The Morgan fingerprint density at radius 1 is 1.26 bits per heavy atom. The third kappa shape index (κ3) is 5.33. The predicted molar refractivity (Wildman–Crippen MR) is 106 cm³/mol. The maximum Gasteiger partial charge on any atom is 0.351 e. The van der Waals surface area contributed by atoms with Crippen molar-refractivity contribution in [2.45, 2.75) is 31.5 Å². The molecule has 1 amide bonds. The monoisotopic (exact) mass is 433 g/mol. The van der Waals surface area contributed by atoms with Crippen LogP contribution >= 0.6 is 0 Å². The summed E-state index contributed by atoms with van der Waals surface area (Å²) >= 11 is 0. The van der Waals surface area contributed by atoms with E-state index in [0.717, 1.165) is 4.57 Å². The van der Waals surface area contributed by atoms with Crippen molar-refractivity contribution in [1.82, 2.24) is 9.55 Å². The molecule has 1 aliphatic heterocycles. The Hall–Kier alpha value is -3.12. The lowest BCUT2D eigenvalue weighted by Crippen LogP contribution is -2.39. The highest BCUT2D eigenvalue weighted by atomic mass is 16.6. The lowest BCUT2D eigenvalue weighted by molar-refractivity contribution is -0.155. The normalized spacial score (nSPS) is 22.8. The number of aromatic nitrogens is 2. The van der Waals surface area contributed by atoms with E-state index in [-0.39, 0.29) is 12.4 Å². The molecule has 2 aromatic rings. The third-order valence-corrected chi connectivity index (χ3v) is 4.57. The van der Waals surface area contributed by atoms with Gasteiger partial charge in [0, 0.05) is 11.8 Å². The van der Waals surface area contributed by atoms with Gasteiger partial charge in [-0.1, -0.05) is 18.2 Å². The highest BCUT2D eigenvalue weighted by Gasteiger charge is 2.46. The van der Waals surface area contributed by atoms with Crippen molar-refractivity contribution >= 4 is 17.7 Å². The maximum absolute atomic E-state index is 12.6. The largest absolute Gasteiger partial charge is 0.464 e. The number of hydrogen-bond acceptors (Lipinski definition) is 9. The molecule has 2 heterocycles. The molecule has 0 aliphatic carbocycles. The number of aliphatic hydroxyl groups is 2. The van der Waals surface area contributed by atoms with Crippen molar-refractivity contribution in [1.29, 1.82) is 0 Å². The number of esters is 1. The summed E-state index contributed by atoms with van der Waals surface area (Å²) in [6.45, 7) is 0.804. The van der Waals surface area contributed by atoms with E-state index < -0.39 is 55.3 Å². The van der Waals surface area contributed by atoms with Crippen LogP contribution in [0, 0.1) is 0 Å². The molecule has 1 saturated heterocycles. The average Bonchev–Trinajstić information content (AvgIpc) is 3.08. The van der Waals surface area contributed by atoms with E-state index in [1.807, 2.05) is 0 Å². The number of benzene rings is 1. The Kier molecular flexibility index (Phi) is 7.47. The van der Waals surface area contributed by atoms with Crippen LogP contribution in [0.15, 0.2) is 47.4 Å². The molecule has 1 aromatic heterocycles. The molecule has 166 valence electrons. The van der Waals surface area contributed by atoms with Gasteiger partial charge in [-0.05, 0) is 25.1 Å². The van der Waals surface area contributed by atoms with E-state index in [9.17, 15) is 24.6 Å². The van der Waals surface area contributed by atoms with Crippen LogP contribution in [0.2, 0.25) is 0 Å². The summed E-state index contributed by atoms with van der Waals surface area (Å²) in [6.07, 6.45) is -3.30. The first kappa shape index (κ1) is 22.6. The molecule has 1 fully saturated rings. The first-order valence-corrected chi connectivity index (χ1v) is 9.61. The Bertz CT molecular complexity index is 964. The van der Waals surface area contributed by atoms with Crippen molar-refractivity contribution in [3.63, 3.8) is 0 Å². The number of carbonyl (C=O) groups excluding carboxylic acids is 2. The summed E-state index contributed by atoms with van der Waals surface area (Å²) in [5.41, 5.74) is -0.389. The average molecular weight is 433 g/mol. The molecular formula is C20H23N3O8. The highest BCUT2D eigenvalue weighted by molar-refractivity contribution is 6.03. The number of hydrogen-bond donors (Lipinski definition) is 3. The van der Waals surface area contributed by atoms with Gasteiger partial charge >= 0.3 is 11.7 Å². The van der Waals surface area contributed by atoms with Crippen LogP contribution in [0.25, 0.3) is 0 Å². The maximum atomic E-state index is 12.6. The molecule has 1 aromatic carbocycles. The van der Waals surface area contributed by atoms with Crippen LogP contribution < -0.4 is 11.0 Å². The fourth-order valence-corrected chi connectivity index (χ4v) is 3.09. The molecule has 0 radical (unpaired) electrons. The number of ether oxygens (including phenoxy) is 3. The van der Waals surface area contributed by atoms with Crippen LogP contribution in [-0.2, 0) is 19.0 Å². The van der Waals surface area contributed by atoms with Gasteiger partial charge in [-0.2, -0.15) is 4.98 Å². The number of carbonyl (C=O) groups is 2. The van der Waals surface area contributed by atoms with Crippen LogP contribution in [0.3, 0.4) is 0 Å². The Labute approximate surface area is 177 Å². The summed E-state index contributed by atoms with van der Waals surface area (Å²) in [5, 5.41) is 22.3. The predicted octanol–water partition coefficient (Wildman–Crippen LogP) is -0.306. The minimum atomic E-state index is -1.30. The van der Waals surface area contributed by atoms with E-state index in [1.54, 1.807) is 37.3 Å². The van der Waals surface area contributed by atoms with Crippen LogP contribution in [-0.4, -0.2) is 69.8 Å². The van der Waals surface area contributed by atoms with Gasteiger partial charge in [0.2, 0.25) is 0 Å². The second-order valence-electron chi connectivity index (χ2n) is 6.64. The molecular weight excluding hydrogens is 410 g/mol. The van der Waals surface area contributed by atoms with Gasteiger partial charge in [0.15, 0.2) is 6.23 Å². The van der Waals surface area contributed by atoms with E-state index in [2.05, 4.69) is 10.3 Å². The SMILES string of the molecule is CCOC(=O)COC1C(O)[C@@H](CO)O[C@H]1n1ccc(NC(=O)c2ccccc2)nc1=O.